The summed E-state index contributed by atoms with van der Waals surface area (Å²) in [4.78, 5) is 28.9. The van der Waals surface area contributed by atoms with Gasteiger partial charge in [0.15, 0.2) is 6.61 Å². The lowest BCUT2D eigenvalue weighted by Crippen LogP contribution is -2.78. The van der Waals surface area contributed by atoms with Crippen molar-refractivity contribution in [3.05, 3.63) is 58.6 Å². The van der Waals surface area contributed by atoms with E-state index in [9.17, 15) is 14.0 Å². The lowest BCUT2D eigenvalue weighted by atomic mass is 9.39. The highest BCUT2D eigenvalue weighted by Crippen LogP contribution is 2.67. The molecule has 3 fully saturated rings. The average molecular weight is 418 g/mol. The molecular weight excluding hydrogens is 397 g/mol. The van der Waals surface area contributed by atoms with Crippen LogP contribution in [0, 0.1) is 18.2 Å². The zero-order chi connectivity index (χ0) is 20.6. The second-order valence-electron chi connectivity index (χ2n) is 8.01. The fourth-order valence-corrected chi connectivity index (χ4v) is 4.38. The zero-order valence-electron chi connectivity index (χ0n) is 15.9. The van der Waals surface area contributed by atoms with Crippen molar-refractivity contribution >= 4 is 23.4 Å². The number of aryl methyl sites for hydroxylation is 1. The maximum Gasteiger partial charge on any atom is 0.258 e. The van der Waals surface area contributed by atoms with E-state index in [2.05, 4.69) is 15.6 Å². The topological polar surface area (TPSA) is 80.3 Å². The summed E-state index contributed by atoms with van der Waals surface area (Å²) in [6, 6.07) is 7.86. The Bertz CT molecular complexity index is 962. The van der Waals surface area contributed by atoms with Crippen LogP contribution in [-0.4, -0.2) is 28.9 Å². The highest BCUT2D eigenvalue weighted by molar-refractivity contribution is 6.30. The summed E-state index contributed by atoms with van der Waals surface area (Å²) in [6.07, 6.45) is 3.58. The number of carbonyl (C=O) groups excluding carboxylic acids is 2. The van der Waals surface area contributed by atoms with E-state index in [0.29, 0.717) is 25.8 Å². The molecule has 1 aromatic carbocycles. The Morgan fingerprint density at radius 2 is 2.00 bits per heavy atom. The molecule has 152 valence electrons. The predicted octanol–water partition coefficient (Wildman–Crippen LogP) is 2.92. The third kappa shape index (κ3) is 3.92. The first-order valence-corrected chi connectivity index (χ1v) is 9.76. The molecule has 1 aromatic heterocycles. The van der Waals surface area contributed by atoms with Crippen LogP contribution in [0.25, 0.3) is 0 Å². The number of aromatic nitrogens is 1. The lowest BCUT2D eigenvalue weighted by molar-refractivity contribution is -0.184. The Hall–Kier alpha value is -2.67. The Morgan fingerprint density at radius 1 is 1.24 bits per heavy atom. The highest BCUT2D eigenvalue weighted by Gasteiger charge is 2.72. The third-order valence-electron chi connectivity index (χ3n) is 5.58. The summed E-state index contributed by atoms with van der Waals surface area (Å²) in [5.74, 6) is -0.652. The van der Waals surface area contributed by atoms with Gasteiger partial charge in [-0.3, -0.25) is 14.6 Å². The fraction of sp³-hybridized carbons (Fsp3) is 0.381. The van der Waals surface area contributed by atoms with Gasteiger partial charge in [0.2, 0.25) is 5.91 Å². The molecule has 0 unspecified atom stereocenters. The number of halogens is 2. The number of ether oxygens (including phenoxy) is 1. The summed E-state index contributed by atoms with van der Waals surface area (Å²) in [7, 11) is 0. The maximum absolute atomic E-state index is 13.4. The van der Waals surface area contributed by atoms with Crippen LogP contribution in [0.5, 0.6) is 5.75 Å². The van der Waals surface area contributed by atoms with E-state index in [1.165, 1.54) is 12.1 Å². The molecule has 2 bridgehead atoms. The smallest absolute Gasteiger partial charge is 0.258 e. The van der Waals surface area contributed by atoms with Crippen molar-refractivity contribution in [3.63, 3.8) is 0 Å². The Labute approximate surface area is 172 Å². The standard InChI is InChI=1S/C21H21ClFN3O3/c1-13-4-5-24-14(6-13)8-25-19(28)20-10-21(11-20,12-20)26-18(27)9-29-15-2-3-16(22)17(23)7-15/h2-7H,8-12H2,1H3,(H,25,28)(H,26,27). The number of rotatable bonds is 7. The number of amides is 2. The first-order chi connectivity index (χ1) is 13.8. The molecule has 0 atom stereocenters. The second kappa shape index (κ2) is 7.30. The molecule has 0 spiro atoms. The molecule has 0 radical (unpaired) electrons. The SMILES string of the molecule is Cc1ccnc(CNC(=O)C23CC(NC(=O)COc4ccc(Cl)c(F)c4)(C2)C3)c1. The minimum absolute atomic E-state index is 0.00239. The average Bonchev–Trinajstić information content (AvgIpc) is 2.62. The number of pyridine rings is 1. The van der Waals surface area contributed by atoms with Crippen molar-refractivity contribution in [2.75, 3.05) is 6.61 Å². The molecule has 5 rings (SSSR count). The van der Waals surface area contributed by atoms with Crippen LogP contribution < -0.4 is 15.4 Å². The molecule has 2 amide bonds. The van der Waals surface area contributed by atoms with Crippen LogP contribution in [0.2, 0.25) is 5.02 Å². The van der Waals surface area contributed by atoms with Crippen LogP contribution in [0.4, 0.5) is 4.39 Å². The van der Waals surface area contributed by atoms with E-state index < -0.39 is 11.2 Å². The molecule has 1 heterocycles. The number of hydrogen-bond acceptors (Lipinski definition) is 4. The monoisotopic (exact) mass is 417 g/mol. The van der Waals surface area contributed by atoms with Gasteiger partial charge in [0, 0.05) is 17.8 Å². The zero-order valence-corrected chi connectivity index (χ0v) is 16.7. The van der Waals surface area contributed by atoms with Crippen molar-refractivity contribution in [1.29, 1.82) is 0 Å². The minimum atomic E-state index is -0.599. The van der Waals surface area contributed by atoms with Crippen LogP contribution >= 0.6 is 11.6 Å². The number of benzene rings is 1. The van der Waals surface area contributed by atoms with E-state index >= 15 is 0 Å². The van der Waals surface area contributed by atoms with Gasteiger partial charge in [-0.05, 0) is 56.0 Å². The number of nitrogens with one attached hydrogen (secondary N) is 2. The van der Waals surface area contributed by atoms with E-state index in [1.807, 2.05) is 19.1 Å². The Kier molecular flexibility index (Phi) is 4.94. The molecule has 0 aliphatic heterocycles. The summed E-state index contributed by atoms with van der Waals surface area (Å²) in [5.41, 5.74) is 1.20. The van der Waals surface area contributed by atoms with E-state index in [1.54, 1.807) is 6.20 Å². The summed E-state index contributed by atoms with van der Waals surface area (Å²) in [6.45, 7) is 2.15. The van der Waals surface area contributed by atoms with Crippen LogP contribution in [-0.2, 0) is 16.1 Å². The van der Waals surface area contributed by atoms with Gasteiger partial charge in [-0.25, -0.2) is 4.39 Å². The van der Waals surface area contributed by atoms with Crippen molar-refractivity contribution < 1.29 is 18.7 Å². The third-order valence-corrected chi connectivity index (χ3v) is 5.89. The molecule has 2 N–H and O–H groups in total. The van der Waals surface area contributed by atoms with Gasteiger partial charge in [-0.2, -0.15) is 0 Å². The van der Waals surface area contributed by atoms with Crippen LogP contribution in [0.3, 0.4) is 0 Å². The van der Waals surface area contributed by atoms with E-state index in [-0.39, 0.29) is 34.7 Å². The fourth-order valence-electron chi connectivity index (χ4n) is 4.26. The summed E-state index contributed by atoms with van der Waals surface area (Å²) in [5, 5.41) is 5.89. The van der Waals surface area contributed by atoms with Gasteiger partial charge in [0.05, 0.1) is 22.7 Å². The van der Waals surface area contributed by atoms with Gasteiger partial charge in [0.25, 0.3) is 5.91 Å². The number of carbonyl (C=O) groups is 2. The quantitative estimate of drug-likeness (QED) is 0.726. The van der Waals surface area contributed by atoms with Gasteiger partial charge in [-0.1, -0.05) is 11.6 Å². The van der Waals surface area contributed by atoms with Crippen LogP contribution in [0.15, 0.2) is 36.5 Å². The number of nitrogens with zero attached hydrogens (tertiary/aromatic N) is 1. The molecule has 29 heavy (non-hydrogen) atoms. The Morgan fingerprint density at radius 3 is 2.69 bits per heavy atom. The van der Waals surface area contributed by atoms with Crippen molar-refractivity contribution in [2.24, 2.45) is 5.41 Å². The lowest BCUT2D eigenvalue weighted by Gasteiger charge is -2.69. The second-order valence-corrected chi connectivity index (χ2v) is 8.42. The highest BCUT2D eigenvalue weighted by atomic mass is 35.5. The first-order valence-electron chi connectivity index (χ1n) is 9.38. The number of hydrogen-bond donors (Lipinski definition) is 2. The molecule has 3 saturated carbocycles. The molecule has 3 aliphatic carbocycles. The normalized spacial score (nSPS) is 24.1. The molecule has 0 saturated heterocycles. The molecular formula is C21H21ClFN3O3. The van der Waals surface area contributed by atoms with Crippen LogP contribution in [0.1, 0.15) is 30.5 Å². The predicted molar refractivity (Wildman–Crippen MR) is 105 cm³/mol. The minimum Gasteiger partial charge on any atom is -0.484 e. The van der Waals surface area contributed by atoms with Gasteiger partial charge in [-0.15, -0.1) is 0 Å². The van der Waals surface area contributed by atoms with Gasteiger partial charge in [0.1, 0.15) is 11.6 Å². The van der Waals surface area contributed by atoms with Gasteiger partial charge < -0.3 is 15.4 Å². The molecule has 6 nitrogen and oxygen atoms in total. The molecule has 2 aromatic rings. The summed E-state index contributed by atoms with van der Waals surface area (Å²) >= 11 is 5.62. The molecule has 8 heteroatoms. The maximum atomic E-state index is 13.4. The van der Waals surface area contributed by atoms with Crippen molar-refractivity contribution in [2.45, 2.75) is 38.3 Å². The van der Waals surface area contributed by atoms with Crippen molar-refractivity contribution in [1.82, 2.24) is 15.6 Å². The largest absolute Gasteiger partial charge is 0.484 e. The first kappa shape index (κ1) is 19.6. The van der Waals surface area contributed by atoms with Crippen molar-refractivity contribution in [3.8, 4) is 5.75 Å². The summed E-state index contributed by atoms with van der Waals surface area (Å²) < 4.78 is 18.7. The van der Waals surface area contributed by atoms with E-state index in [0.717, 1.165) is 17.3 Å². The molecule has 3 aliphatic rings. The van der Waals surface area contributed by atoms with Gasteiger partial charge >= 0.3 is 0 Å². The van der Waals surface area contributed by atoms with E-state index in [4.69, 9.17) is 16.3 Å². The Balaban J connectivity index is 1.21.